The van der Waals surface area contributed by atoms with Crippen LogP contribution in [0.4, 0.5) is 18.9 Å². The Kier molecular flexibility index (Phi) is 4.74. The van der Waals surface area contributed by atoms with Gasteiger partial charge in [0.15, 0.2) is 6.61 Å². The van der Waals surface area contributed by atoms with E-state index in [-0.39, 0.29) is 5.75 Å². The largest absolute Gasteiger partial charge is 0.484 e. The fourth-order valence-corrected chi connectivity index (χ4v) is 1.76. The summed E-state index contributed by atoms with van der Waals surface area (Å²) in [7, 11) is 0. The van der Waals surface area contributed by atoms with Crippen LogP contribution in [0.15, 0.2) is 48.7 Å². The van der Waals surface area contributed by atoms with Crippen molar-refractivity contribution in [3.05, 3.63) is 54.4 Å². The second-order valence-corrected chi connectivity index (χ2v) is 4.51. The Morgan fingerprint density at radius 3 is 2.67 bits per heavy atom. The number of rotatable bonds is 4. The van der Waals surface area contributed by atoms with E-state index in [0.29, 0.717) is 16.4 Å². The van der Waals surface area contributed by atoms with Crippen LogP contribution in [0.2, 0.25) is 0 Å². The van der Waals surface area contributed by atoms with Crippen molar-refractivity contribution >= 4 is 22.9 Å². The molecule has 1 aromatic carbocycles. The molecule has 21 heavy (non-hydrogen) atoms. The number of benzene rings is 1. The van der Waals surface area contributed by atoms with Gasteiger partial charge in [0.1, 0.15) is 10.7 Å². The molecule has 0 bridgehead atoms. The van der Waals surface area contributed by atoms with Crippen LogP contribution in [0.25, 0.3) is 0 Å². The molecule has 2 rings (SSSR count). The highest BCUT2D eigenvalue weighted by atomic mass is 32.1. The third-order valence-corrected chi connectivity index (χ3v) is 2.70. The Morgan fingerprint density at radius 2 is 2.00 bits per heavy atom. The lowest BCUT2D eigenvalue weighted by atomic mass is 10.3. The van der Waals surface area contributed by atoms with Crippen molar-refractivity contribution in [2.24, 2.45) is 0 Å². The molecule has 0 radical (unpaired) electrons. The van der Waals surface area contributed by atoms with Gasteiger partial charge in [-0.15, -0.1) is 0 Å². The Labute approximate surface area is 124 Å². The summed E-state index contributed by atoms with van der Waals surface area (Å²) in [5.74, 6) is 0.112. The van der Waals surface area contributed by atoms with Crippen molar-refractivity contribution in [2.45, 2.75) is 6.18 Å². The lowest BCUT2D eigenvalue weighted by Crippen LogP contribution is -2.19. The lowest BCUT2D eigenvalue weighted by molar-refractivity contribution is -0.153. The van der Waals surface area contributed by atoms with E-state index in [1.54, 1.807) is 36.5 Å². The van der Waals surface area contributed by atoms with Gasteiger partial charge in [0.25, 0.3) is 0 Å². The van der Waals surface area contributed by atoms with E-state index < -0.39 is 12.8 Å². The summed E-state index contributed by atoms with van der Waals surface area (Å²) in [6.45, 7) is -1.33. The van der Waals surface area contributed by atoms with Gasteiger partial charge < -0.3 is 10.1 Å². The lowest BCUT2D eigenvalue weighted by Gasteiger charge is -2.11. The normalized spacial score (nSPS) is 11.0. The molecule has 0 saturated carbocycles. The van der Waals surface area contributed by atoms with Gasteiger partial charge >= 0.3 is 6.18 Å². The summed E-state index contributed by atoms with van der Waals surface area (Å²) in [6, 6.07) is 11.4. The number of anilines is 1. The molecule has 0 aliphatic carbocycles. The highest BCUT2D eigenvalue weighted by molar-refractivity contribution is 7.81. The molecular formula is C14H11F3N2OS. The van der Waals surface area contributed by atoms with E-state index in [0.717, 1.165) is 0 Å². The highest BCUT2D eigenvalue weighted by Crippen LogP contribution is 2.21. The van der Waals surface area contributed by atoms with Gasteiger partial charge in [-0.2, -0.15) is 13.2 Å². The molecule has 0 unspecified atom stereocenters. The topological polar surface area (TPSA) is 34.1 Å². The minimum absolute atomic E-state index is 0.112. The Morgan fingerprint density at radius 1 is 1.19 bits per heavy atom. The summed E-state index contributed by atoms with van der Waals surface area (Å²) in [4.78, 5) is 4.46. The van der Waals surface area contributed by atoms with Gasteiger partial charge in [-0.05, 0) is 24.3 Å². The maximum Gasteiger partial charge on any atom is 0.422 e. The standard InChI is InChI=1S/C14H11F3N2OS/c15-14(16,17)9-20-11-5-3-4-10(8-11)19-13(21)12-6-1-2-7-18-12/h1-8H,9H2,(H,19,21). The van der Waals surface area contributed by atoms with E-state index in [1.165, 1.54) is 12.1 Å². The van der Waals surface area contributed by atoms with Crippen LogP contribution in [0, 0.1) is 0 Å². The van der Waals surface area contributed by atoms with E-state index >= 15 is 0 Å². The number of alkyl halides is 3. The maximum absolute atomic E-state index is 12.1. The molecule has 0 saturated heterocycles. The minimum Gasteiger partial charge on any atom is -0.484 e. The molecule has 110 valence electrons. The van der Waals surface area contributed by atoms with Crippen LogP contribution < -0.4 is 10.1 Å². The monoisotopic (exact) mass is 312 g/mol. The van der Waals surface area contributed by atoms with E-state index in [2.05, 4.69) is 15.0 Å². The third-order valence-electron chi connectivity index (χ3n) is 2.39. The van der Waals surface area contributed by atoms with Crippen molar-refractivity contribution in [1.29, 1.82) is 0 Å². The van der Waals surface area contributed by atoms with Crippen molar-refractivity contribution in [2.75, 3.05) is 11.9 Å². The van der Waals surface area contributed by atoms with Crippen LogP contribution in [0.5, 0.6) is 5.75 Å². The minimum atomic E-state index is -4.37. The first kappa shape index (κ1) is 15.2. The van der Waals surface area contributed by atoms with Gasteiger partial charge in [-0.1, -0.05) is 24.4 Å². The van der Waals surface area contributed by atoms with Gasteiger partial charge in [-0.25, -0.2) is 0 Å². The summed E-state index contributed by atoms with van der Waals surface area (Å²) in [6.07, 6.45) is -2.77. The maximum atomic E-state index is 12.1. The molecule has 2 aromatic rings. The fraction of sp³-hybridized carbons (Fsp3) is 0.143. The van der Waals surface area contributed by atoms with Gasteiger partial charge in [-0.3, -0.25) is 4.98 Å². The number of halogens is 3. The summed E-state index contributed by atoms with van der Waals surface area (Å²) in [5, 5.41) is 2.90. The van der Waals surface area contributed by atoms with Crippen molar-refractivity contribution in [3.8, 4) is 5.75 Å². The van der Waals surface area contributed by atoms with Gasteiger partial charge in [0.05, 0.1) is 5.69 Å². The predicted molar refractivity (Wildman–Crippen MR) is 77.6 cm³/mol. The predicted octanol–water partition coefficient (Wildman–Crippen LogP) is 3.81. The molecule has 1 aromatic heterocycles. The number of aromatic nitrogens is 1. The van der Waals surface area contributed by atoms with Crippen LogP contribution in [-0.4, -0.2) is 22.8 Å². The molecule has 1 N–H and O–H groups in total. The number of ether oxygens (including phenoxy) is 1. The van der Waals surface area contributed by atoms with Crippen molar-refractivity contribution in [1.82, 2.24) is 4.98 Å². The Bertz CT molecular complexity index is 617. The number of hydrogen-bond donors (Lipinski definition) is 1. The number of thiocarbonyl (C=S) groups is 1. The molecule has 7 heteroatoms. The molecule has 0 aliphatic heterocycles. The number of nitrogens with zero attached hydrogens (tertiary/aromatic N) is 1. The molecule has 0 amide bonds. The second-order valence-electron chi connectivity index (χ2n) is 4.10. The third kappa shape index (κ3) is 5.03. The summed E-state index contributed by atoms with van der Waals surface area (Å²) in [5.41, 5.74) is 1.11. The highest BCUT2D eigenvalue weighted by Gasteiger charge is 2.28. The summed E-state index contributed by atoms with van der Waals surface area (Å²) >= 11 is 5.18. The molecular weight excluding hydrogens is 301 g/mol. The smallest absolute Gasteiger partial charge is 0.422 e. The van der Waals surface area contributed by atoms with E-state index in [9.17, 15) is 13.2 Å². The quantitative estimate of drug-likeness (QED) is 0.871. The first-order valence-corrected chi connectivity index (χ1v) is 6.37. The summed E-state index contributed by atoms with van der Waals surface area (Å²) < 4.78 is 41.0. The molecule has 1 heterocycles. The average Bonchev–Trinajstić information content (AvgIpc) is 2.46. The zero-order valence-corrected chi connectivity index (χ0v) is 11.5. The van der Waals surface area contributed by atoms with Gasteiger partial charge in [0.2, 0.25) is 0 Å². The van der Waals surface area contributed by atoms with Crippen molar-refractivity contribution in [3.63, 3.8) is 0 Å². The average molecular weight is 312 g/mol. The van der Waals surface area contributed by atoms with E-state index in [1.807, 2.05) is 0 Å². The van der Waals surface area contributed by atoms with Crippen LogP contribution in [0.3, 0.4) is 0 Å². The molecule has 0 fully saturated rings. The molecule has 0 aliphatic rings. The Balaban J connectivity index is 2.03. The molecule has 0 spiro atoms. The first-order chi connectivity index (χ1) is 9.94. The van der Waals surface area contributed by atoms with Crippen molar-refractivity contribution < 1.29 is 17.9 Å². The molecule has 3 nitrogen and oxygen atoms in total. The number of nitrogens with one attached hydrogen (secondary N) is 1. The van der Waals surface area contributed by atoms with Gasteiger partial charge in [0, 0.05) is 18.0 Å². The Hall–Kier alpha value is -2.15. The number of pyridine rings is 1. The molecule has 0 atom stereocenters. The SMILES string of the molecule is FC(F)(F)COc1cccc(NC(=S)c2ccccn2)c1. The zero-order valence-electron chi connectivity index (χ0n) is 10.7. The van der Waals surface area contributed by atoms with Crippen LogP contribution in [-0.2, 0) is 0 Å². The fourth-order valence-electron chi connectivity index (χ4n) is 1.52. The number of hydrogen-bond acceptors (Lipinski definition) is 3. The van der Waals surface area contributed by atoms with Crippen LogP contribution in [0.1, 0.15) is 5.69 Å². The first-order valence-electron chi connectivity index (χ1n) is 5.96. The second kappa shape index (κ2) is 6.53. The van der Waals surface area contributed by atoms with E-state index in [4.69, 9.17) is 12.2 Å². The van der Waals surface area contributed by atoms with Crippen LogP contribution >= 0.6 is 12.2 Å². The zero-order chi connectivity index (χ0) is 15.3.